The second-order valence-electron chi connectivity index (χ2n) is 7.07. The van der Waals surface area contributed by atoms with Gasteiger partial charge in [0, 0.05) is 10.9 Å². The Bertz CT molecular complexity index is 1240. The molecule has 0 aliphatic heterocycles. The van der Waals surface area contributed by atoms with Gasteiger partial charge in [-0.05, 0) is 57.4 Å². The van der Waals surface area contributed by atoms with Crippen molar-refractivity contribution in [2.45, 2.75) is 6.61 Å². The number of hydrogen-bond acceptors (Lipinski definition) is 5. The van der Waals surface area contributed by atoms with E-state index < -0.39 is 0 Å². The molecule has 4 aromatic rings. The summed E-state index contributed by atoms with van der Waals surface area (Å²) in [6, 6.07) is 19.5. The van der Waals surface area contributed by atoms with Crippen LogP contribution in [0.4, 0.5) is 0 Å². The molecule has 0 amide bonds. The fourth-order valence-electron chi connectivity index (χ4n) is 3.45. The number of ether oxygens (including phenoxy) is 3. The molecule has 0 spiro atoms. The number of rotatable bonds is 8. The van der Waals surface area contributed by atoms with E-state index in [1.165, 1.54) is 0 Å². The van der Waals surface area contributed by atoms with Gasteiger partial charge in [0.1, 0.15) is 12.4 Å². The summed E-state index contributed by atoms with van der Waals surface area (Å²) in [7, 11) is 3.22. The molecule has 1 heterocycles. The van der Waals surface area contributed by atoms with E-state index in [1.54, 1.807) is 20.3 Å². The maximum absolute atomic E-state index is 9.08. The zero-order chi connectivity index (χ0) is 22.5. The number of aliphatic hydroxyl groups excluding tert-OH is 1. The molecule has 0 atom stereocenters. The minimum absolute atomic E-state index is 0.0311. The predicted molar refractivity (Wildman–Crippen MR) is 129 cm³/mol. The first-order chi connectivity index (χ1) is 15.6. The Morgan fingerprint density at radius 2 is 1.72 bits per heavy atom. The molecular formula is C26H23BrO5. The molecule has 32 heavy (non-hydrogen) atoms. The quantitative estimate of drug-likeness (QED) is 0.304. The van der Waals surface area contributed by atoms with Crippen LogP contribution in [0.1, 0.15) is 11.1 Å². The van der Waals surface area contributed by atoms with Crippen molar-refractivity contribution >= 4 is 33.0 Å². The molecular weight excluding hydrogens is 472 g/mol. The van der Waals surface area contributed by atoms with Crippen LogP contribution in [0.3, 0.4) is 0 Å². The van der Waals surface area contributed by atoms with Gasteiger partial charge in [-0.15, -0.1) is 0 Å². The van der Waals surface area contributed by atoms with Crippen LogP contribution in [-0.2, 0) is 6.61 Å². The van der Waals surface area contributed by atoms with Gasteiger partial charge in [-0.25, -0.2) is 0 Å². The van der Waals surface area contributed by atoms with Crippen molar-refractivity contribution in [3.05, 3.63) is 82.3 Å². The molecule has 0 aliphatic carbocycles. The molecule has 164 valence electrons. The van der Waals surface area contributed by atoms with E-state index in [0.29, 0.717) is 35.2 Å². The summed E-state index contributed by atoms with van der Waals surface area (Å²) in [5.74, 6) is 2.54. The van der Waals surface area contributed by atoms with Gasteiger partial charge in [-0.1, -0.05) is 42.5 Å². The minimum atomic E-state index is -0.0311. The second kappa shape index (κ2) is 9.94. The van der Waals surface area contributed by atoms with Crippen LogP contribution in [0.5, 0.6) is 17.2 Å². The van der Waals surface area contributed by atoms with Gasteiger partial charge >= 0.3 is 0 Å². The second-order valence-corrected chi connectivity index (χ2v) is 7.86. The third-order valence-electron chi connectivity index (χ3n) is 5.02. The fraction of sp³-hybridized carbons (Fsp3) is 0.154. The van der Waals surface area contributed by atoms with Crippen molar-refractivity contribution in [1.29, 1.82) is 0 Å². The van der Waals surface area contributed by atoms with Crippen molar-refractivity contribution in [2.24, 2.45) is 0 Å². The van der Waals surface area contributed by atoms with E-state index in [4.69, 9.17) is 23.7 Å². The maximum atomic E-state index is 9.08. The van der Waals surface area contributed by atoms with Gasteiger partial charge in [-0.2, -0.15) is 0 Å². The Balaban J connectivity index is 1.70. The molecule has 1 aromatic heterocycles. The standard InChI is InChI=1S/C26H23BrO5/c1-29-22-15-19(10-11-21(22)31-16-17-7-4-3-5-8-17)25-24(27)20-13-18(9-6-12-28)14-23(30-2)26(20)32-25/h3-11,13-15,28H,12,16H2,1-2H3/b9-6+. The largest absolute Gasteiger partial charge is 0.493 e. The highest BCUT2D eigenvalue weighted by molar-refractivity contribution is 9.10. The van der Waals surface area contributed by atoms with E-state index in [0.717, 1.165) is 26.5 Å². The topological polar surface area (TPSA) is 61.1 Å². The van der Waals surface area contributed by atoms with Crippen molar-refractivity contribution in [2.75, 3.05) is 20.8 Å². The predicted octanol–water partition coefficient (Wildman–Crippen LogP) is 6.46. The molecule has 0 saturated heterocycles. The Hall–Kier alpha value is -3.22. The van der Waals surface area contributed by atoms with Crippen molar-refractivity contribution in [3.8, 4) is 28.6 Å². The molecule has 4 rings (SSSR count). The first kappa shape index (κ1) is 22.0. The summed E-state index contributed by atoms with van der Waals surface area (Å²) in [6.45, 7) is 0.420. The van der Waals surface area contributed by atoms with Gasteiger partial charge in [0.05, 0.1) is 25.3 Å². The number of benzene rings is 3. The molecule has 3 aromatic carbocycles. The van der Waals surface area contributed by atoms with Crippen molar-refractivity contribution in [3.63, 3.8) is 0 Å². The van der Waals surface area contributed by atoms with E-state index in [9.17, 15) is 0 Å². The minimum Gasteiger partial charge on any atom is -0.493 e. The average Bonchev–Trinajstić information content (AvgIpc) is 3.17. The molecule has 0 saturated carbocycles. The van der Waals surface area contributed by atoms with Crippen LogP contribution in [0.2, 0.25) is 0 Å². The van der Waals surface area contributed by atoms with Gasteiger partial charge in [0.15, 0.2) is 22.8 Å². The highest BCUT2D eigenvalue weighted by Crippen LogP contribution is 2.44. The van der Waals surface area contributed by atoms with Gasteiger partial charge < -0.3 is 23.7 Å². The Kier molecular flexibility index (Phi) is 6.83. The SMILES string of the molecule is COc1cc(-c2oc3c(OC)cc(/C=C/CO)cc3c2Br)ccc1OCc1ccccc1. The van der Waals surface area contributed by atoms with E-state index >= 15 is 0 Å². The number of aliphatic hydroxyl groups is 1. The van der Waals surface area contributed by atoms with Gasteiger partial charge in [0.25, 0.3) is 0 Å². The highest BCUT2D eigenvalue weighted by atomic mass is 79.9. The van der Waals surface area contributed by atoms with Crippen LogP contribution < -0.4 is 14.2 Å². The molecule has 5 nitrogen and oxygen atoms in total. The lowest BCUT2D eigenvalue weighted by molar-refractivity contribution is 0.284. The van der Waals surface area contributed by atoms with Crippen molar-refractivity contribution in [1.82, 2.24) is 0 Å². The first-order valence-corrected chi connectivity index (χ1v) is 10.9. The van der Waals surface area contributed by atoms with Crippen LogP contribution in [0.25, 0.3) is 28.4 Å². The lowest BCUT2D eigenvalue weighted by Gasteiger charge is -2.12. The van der Waals surface area contributed by atoms with Crippen LogP contribution in [-0.4, -0.2) is 25.9 Å². The van der Waals surface area contributed by atoms with E-state index in [1.807, 2.05) is 66.7 Å². The monoisotopic (exact) mass is 494 g/mol. The summed E-state index contributed by atoms with van der Waals surface area (Å²) in [6.07, 6.45) is 3.51. The van der Waals surface area contributed by atoms with Crippen LogP contribution >= 0.6 is 15.9 Å². The summed E-state index contributed by atoms with van der Waals surface area (Å²) in [5, 5.41) is 9.96. The van der Waals surface area contributed by atoms with E-state index in [2.05, 4.69) is 15.9 Å². The molecule has 1 N–H and O–H groups in total. The average molecular weight is 495 g/mol. The van der Waals surface area contributed by atoms with Gasteiger partial charge in [-0.3, -0.25) is 0 Å². The summed E-state index contributed by atoms with van der Waals surface area (Å²) in [5.41, 5.74) is 3.46. The zero-order valence-corrected chi connectivity index (χ0v) is 19.4. The maximum Gasteiger partial charge on any atom is 0.177 e. The Morgan fingerprint density at radius 3 is 2.44 bits per heavy atom. The highest BCUT2D eigenvalue weighted by Gasteiger charge is 2.19. The Labute approximate surface area is 195 Å². The molecule has 0 bridgehead atoms. The van der Waals surface area contributed by atoms with Crippen LogP contribution in [0, 0.1) is 0 Å². The number of methoxy groups -OCH3 is 2. The third kappa shape index (κ3) is 4.52. The molecule has 0 unspecified atom stereocenters. The molecule has 0 fully saturated rings. The molecule has 0 radical (unpaired) electrons. The molecule has 6 heteroatoms. The smallest absolute Gasteiger partial charge is 0.177 e. The van der Waals surface area contributed by atoms with Gasteiger partial charge in [0.2, 0.25) is 0 Å². The van der Waals surface area contributed by atoms with Crippen molar-refractivity contribution < 1.29 is 23.7 Å². The van der Waals surface area contributed by atoms with Crippen LogP contribution in [0.15, 0.2) is 75.6 Å². The van der Waals surface area contributed by atoms with E-state index in [-0.39, 0.29) is 6.61 Å². The number of halogens is 1. The Morgan fingerprint density at radius 1 is 0.938 bits per heavy atom. The third-order valence-corrected chi connectivity index (χ3v) is 5.80. The number of hydrogen-bond donors (Lipinski definition) is 1. The first-order valence-electron chi connectivity index (χ1n) is 10.1. The summed E-state index contributed by atoms with van der Waals surface area (Å²) < 4.78 is 24.1. The lowest BCUT2D eigenvalue weighted by Crippen LogP contribution is -1.97. The summed E-state index contributed by atoms with van der Waals surface area (Å²) in [4.78, 5) is 0. The molecule has 0 aliphatic rings. The fourth-order valence-corrected chi connectivity index (χ4v) is 4.05. The number of furan rings is 1. The summed E-state index contributed by atoms with van der Waals surface area (Å²) >= 11 is 3.69. The number of fused-ring (bicyclic) bond motifs is 1. The lowest BCUT2D eigenvalue weighted by atomic mass is 10.1. The normalized spacial score (nSPS) is 11.2. The zero-order valence-electron chi connectivity index (χ0n) is 17.8.